The SMILES string of the molecule is Cc1cc(I)ccc1NC(=O)CCc1c(C)nn(CC(C)C)c1C. The first-order chi connectivity index (χ1) is 11.3. The zero-order valence-corrected chi connectivity index (χ0v) is 17.3. The van der Waals surface area contributed by atoms with Crippen LogP contribution in [0.2, 0.25) is 0 Å². The molecule has 2 rings (SSSR count). The van der Waals surface area contributed by atoms with Crippen molar-refractivity contribution in [3.05, 3.63) is 44.3 Å². The molecule has 1 amide bonds. The number of rotatable bonds is 6. The van der Waals surface area contributed by atoms with Gasteiger partial charge in [-0.15, -0.1) is 0 Å². The first-order valence-electron chi connectivity index (χ1n) is 8.36. The number of carbonyl (C=O) groups is 1. The molecule has 0 unspecified atom stereocenters. The van der Waals surface area contributed by atoms with Crippen LogP contribution >= 0.6 is 22.6 Å². The topological polar surface area (TPSA) is 46.9 Å². The van der Waals surface area contributed by atoms with E-state index in [-0.39, 0.29) is 5.91 Å². The molecule has 0 aliphatic carbocycles. The number of benzene rings is 1. The number of hydrogen-bond donors (Lipinski definition) is 1. The van der Waals surface area contributed by atoms with Gasteiger partial charge in [-0.3, -0.25) is 9.48 Å². The van der Waals surface area contributed by atoms with Crippen LogP contribution in [0, 0.1) is 30.3 Å². The lowest BCUT2D eigenvalue weighted by atomic mass is 10.1. The minimum absolute atomic E-state index is 0.0507. The summed E-state index contributed by atoms with van der Waals surface area (Å²) in [7, 11) is 0. The Kier molecular flexibility index (Phi) is 6.43. The molecule has 0 fully saturated rings. The average Bonchev–Trinajstić information content (AvgIpc) is 2.74. The maximum atomic E-state index is 12.3. The number of aromatic nitrogens is 2. The summed E-state index contributed by atoms with van der Waals surface area (Å²) >= 11 is 2.28. The summed E-state index contributed by atoms with van der Waals surface area (Å²) in [6.45, 7) is 11.4. The van der Waals surface area contributed by atoms with Crippen molar-refractivity contribution < 1.29 is 4.79 Å². The van der Waals surface area contributed by atoms with Crippen LogP contribution in [0.3, 0.4) is 0 Å². The van der Waals surface area contributed by atoms with E-state index >= 15 is 0 Å². The van der Waals surface area contributed by atoms with Gasteiger partial charge in [0.15, 0.2) is 0 Å². The Hall–Kier alpha value is -1.37. The Bertz CT molecular complexity index is 734. The quantitative estimate of drug-likeness (QED) is 0.667. The molecule has 4 nitrogen and oxygen atoms in total. The van der Waals surface area contributed by atoms with Crippen molar-refractivity contribution in [2.75, 3.05) is 5.32 Å². The normalized spacial score (nSPS) is 11.1. The van der Waals surface area contributed by atoms with Crippen molar-refractivity contribution in [1.29, 1.82) is 0 Å². The Morgan fingerprint density at radius 2 is 2.00 bits per heavy atom. The zero-order chi connectivity index (χ0) is 17.9. The summed E-state index contributed by atoms with van der Waals surface area (Å²) in [5.41, 5.74) is 5.40. The molecule has 130 valence electrons. The smallest absolute Gasteiger partial charge is 0.224 e. The average molecular weight is 439 g/mol. The lowest BCUT2D eigenvalue weighted by molar-refractivity contribution is -0.116. The number of nitrogens with zero attached hydrogens (tertiary/aromatic N) is 2. The second-order valence-electron chi connectivity index (χ2n) is 6.73. The molecular formula is C19H26IN3O. The first-order valence-corrected chi connectivity index (χ1v) is 9.44. The van der Waals surface area contributed by atoms with Gasteiger partial charge < -0.3 is 5.32 Å². The van der Waals surface area contributed by atoms with Gasteiger partial charge in [0.05, 0.1) is 5.69 Å². The van der Waals surface area contributed by atoms with Gasteiger partial charge in [-0.05, 0) is 85.0 Å². The Morgan fingerprint density at radius 1 is 1.29 bits per heavy atom. The van der Waals surface area contributed by atoms with Gasteiger partial charge in [0.2, 0.25) is 5.91 Å². The standard InChI is InChI=1S/C19H26IN3O/c1-12(2)11-23-15(5)17(14(4)22-23)7-9-19(24)21-18-8-6-16(20)10-13(18)3/h6,8,10,12H,7,9,11H2,1-5H3,(H,21,24). The fraction of sp³-hybridized carbons (Fsp3) is 0.474. The monoisotopic (exact) mass is 439 g/mol. The summed E-state index contributed by atoms with van der Waals surface area (Å²) < 4.78 is 3.24. The molecule has 0 saturated carbocycles. The van der Waals surface area contributed by atoms with Crippen LogP contribution in [-0.4, -0.2) is 15.7 Å². The number of halogens is 1. The number of aryl methyl sites for hydroxylation is 2. The molecule has 1 heterocycles. The van der Waals surface area contributed by atoms with Gasteiger partial charge in [0, 0.05) is 27.9 Å². The molecule has 0 spiro atoms. The van der Waals surface area contributed by atoms with Gasteiger partial charge in [-0.25, -0.2) is 0 Å². The Morgan fingerprint density at radius 3 is 2.62 bits per heavy atom. The summed E-state index contributed by atoms with van der Waals surface area (Å²) in [6, 6.07) is 6.04. The highest BCUT2D eigenvalue weighted by molar-refractivity contribution is 14.1. The Balaban J connectivity index is 2.00. The lowest BCUT2D eigenvalue weighted by Crippen LogP contribution is -2.14. The van der Waals surface area contributed by atoms with Crippen molar-refractivity contribution >= 4 is 34.2 Å². The molecule has 0 radical (unpaired) electrons. The van der Waals surface area contributed by atoms with Gasteiger partial charge in [0.25, 0.3) is 0 Å². The van der Waals surface area contributed by atoms with Crippen molar-refractivity contribution in [2.45, 2.75) is 54.0 Å². The summed E-state index contributed by atoms with van der Waals surface area (Å²) in [4.78, 5) is 12.3. The van der Waals surface area contributed by atoms with E-state index in [4.69, 9.17) is 0 Å². The van der Waals surface area contributed by atoms with Gasteiger partial charge in [-0.2, -0.15) is 5.10 Å². The second kappa shape index (κ2) is 8.14. The lowest BCUT2D eigenvalue weighted by Gasteiger charge is -2.10. The molecule has 0 aliphatic rings. The summed E-state index contributed by atoms with van der Waals surface area (Å²) in [5, 5.41) is 7.64. The highest BCUT2D eigenvalue weighted by atomic mass is 127. The molecule has 24 heavy (non-hydrogen) atoms. The fourth-order valence-corrected chi connectivity index (χ4v) is 3.48. The third-order valence-corrected chi connectivity index (χ3v) is 4.81. The fourth-order valence-electron chi connectivity index (χ4n) is 2.84. The highest BCUT2D eigenvalue weighted by Crippen LogP contribution is 2.19. The number of nitrogens with one attached hydrogen (secondary N) is 1. The Labute approximate surface area is 158 Å². The first kappa shape index (κ1) is 19.0. The molecule has 1 aromatic heterocycles. The predicted molar refractivity (Wildman–Crippen MR) is 107 cm³/mol. The molecule has 2 aromatic rings. The van der Waals surface area contributed by atoms with Crippen LogP contribution in [0.4, 0.5) is 5.69 Å². The largest absolute Gasteiger partial charge is 0.326 e. The molecule has 0 atom stereocenters. The molecule has 1 N–H and O–H groups in total. The summed E-state index contributed by atoms with van der Waals surface area (Å²) in [6.07, 6.45) is 1.20. The van der Waals surface area contributed by atoms with E-state index in [1.165, 1.54) is 14.8 Å². The van der Waals surface area contributed by atoms with E-state index in [2.05, 4.69) is 64.5 Å². The highest BCUT2D eigenvalue weighted by Gasteiger charge is 2.14. The van der Waals surface area contributed by atoms with Gasteiger partial charge in [0.1, 0.15) is 0 Å². The van der Waals surface area contributed by atoms with Crippen molar-refractivity contribution in [3.63, 3.8) is 0 Å². The number of carbonyl (C=O) groups excluding carboxylic acids is 1. The zero-order valence-electron chi connectivity index (χ0n) is 15.1. The minimum atomic E-state index is 0.0507. The van der Waals surface area contributed by atoms with Crippen LogP contribution < -0.4 is 5.32 Å². The van der Waals surface area contributed by atoms with Crippen LogP contribution in [0.15, 0.2) is 18.2 Å². The molecule has 0 bridgehead atoms. The summed E-state index contributed by atoms with van der Waals surface area (Å²) in [5.74, 6) is 0.609. The van der Waals surface area contributed by atoms with Crippen LogP contribution in [0.25, 0.3) is 0 Å². The van der Waals surface area contributed by atoms with Crippen molar-refractivity contribution in [2.24, 2.45) is 5.92 Å². The molecule has 0 saturated heterocycles. The molecule has 1 aromatic carbocycles. The van der Waals surface area contributed by atoms with E-state index in [9.17, 15) is 4.79 Å². The van der Waals surface area contributed by atoms with Crippen molar-refractivity contribution in [3.8, 4) is 0 Å². The van der Waals surface area contributed by atoms with Crippen LogP contribution in [-0.2, 0) is 17.8 Å². The number of amides is 1. The van der Waals surface area contributed by atoms with E-state index < -0.39 is 0 Å². The van der Waals surface area contributed by atoms with Gasteiger partial charge in [-0.1, -0.05) is 13.8 Å². The molecular weight excluding hydrogens is 413 g/mol. The van der Waals surface area contributed by atoms with E-state index in [1.54, 1.807) is 0 Å². The van der Waals surface area contributed by atoms with E-state index in [0.717, 1.165) is 29.9 Å². The van der Waals surface area contributed by atoms with Crippen molar-refractivity contribution in [1.82, 2.24) is 9.78 Å². The van der Waals surface area contributed by atoms with E-state index in [0.29, 0.717) is 12.3 Å². The van der Waals surface area contributed by atoms with E-state index in [1.807, 2.05) is 26.0 Å². The molecule has 5 heteroatoms. The second-order valence-corrected chi connectivity index (χ2v) is 7.98. The maximum Gasteiger partial charge on any atom is 0.224 e. The van der Waals surface area contributed by atoms with Crippen LogP contribution in [0.1, 0.15) is 42.8 Å². The number of hydrogen-bond acceptors (Lipinski definition) is 2. The third kappa shape index (κ3) is 4.82. The predicted octanol–water partition coefficient (Wildman–Crippen LogP) is 4.64. The van der Waals surface area contributed by atoms with Gasteiger partial charge >= 0.3 is 0 Å². The third-order valence-electron chi connectivity index (χ3n) is 4.13. The minimum Gasteiger partial charge on any atom is -0.326 e. The molecule has 0 aliphatic heterocycles. The number of anilines is 1. The van der Waals surface area contributed by atoms with Crippen LogP contribution in [0.5, 0.6) is 0 Å². The maximum absolute atomic E-state index is 12.3.